The number of hydrogen-bond donors (Lipinski definition) is 1. The summed E-state index contributed by atoms with van der Waals surface area (Å²) < 4.78 is 7.77. The molecule has 0 aliphatic rings. The Labute approximate surface area is 253 Å². The largest absolute Gasteiger partial charge is 0.492 e. The molecule has 0 atom stereocenters. The van der Waals surface area contributed by atoms with Crippen molar-refractivity contribution in [1.82, 2.24) is 4.57 Å². The Bertz CT molecular complexity index is 1970. The average Bonchev–Trinajstić information content (AvgIpc) is 3.34. The second-order valence-electron chi connectivity index (χ2n) is 10.2. The van der Waals surface area contributed by atoms with Crippen LogP contribution in [-0.4, -0.2) is 45.5 Å². The van der Waals surface area contributed by atoms with E-state index >= 15 is 0 Å². The fraction of sp³-hybridized carbons (Fsp3) is 0.171. The zero-order valence-corrected chi connectivity index (χ0v) is 24.5. The number of aryl methyl sites for hydroxylation is 2. The molecule has 0 fully saturated rings. The maximum Gasteiger partial charge on any atom is 0.339 e. The highest BCUT2D eigenvalue weighted by molar-refractivity contribution is 6.46. The van der Waals surface area contributed by atoms with Gasteiger partial charge in [-0.1, -0.05) is 41.6 Å². The van der Waals surface area contributed by atoms with E-state index in [1.54, 1.807) is 24.3 Å². The van der Waals surface area contributed by atoms with Gasteiger partial charge in [0.25, 0.3) is 0 Å². The number of fused-ring (bicyclic) bond motifs is 3. The van der Waals surface area contributed by atoms with Gasteiger partial charge < -0.3 is 19.2 Å². The molecule has 1 N–H and O–H groups in total. The molecular weight excluding hydrogens is 560 g/mol. The number of hydrogen-bond acceptors (Lipinski definition) is 7. The molecule has 0 bridgehead atoms. The quantitative estimate of drug-likeness (QED) is 0.0793. The number of ether oxygens (including phenoxy) is 1. The number of para-hydroxylation sites is 1. The molecule has 9 nitrogen and oxygen atoms in total. The Balaban J connectivity index is 1.50. The maximum absolute atomic E-state index is 13.7. The van der Waals surface area contributed by atoms with E-state index in [1.165, 1.54) is 19.1 Å². The molecule has 0 saturated carbocycles. The average molecular weight is 591 g/mol. The van der Waals surface area contributed by atoms with Crippen LogP contribution in [0.2, 0.25) is 0 Å². The van der Waals surface area contributed by atoms with Gasteiger partial charge >= 0.3 is 11.9 Å². The van der Waals surface area contributed by atoms with E-state index in [1.807, 2.05) is 62.4 Å². The molecule has 0 unspecified atom stereocenters. The summed E-state index contributed by atoms with van der Waals surface area (Å²) in [6, 6.07) is 24.5. The fourth-order valence-electron chi connectivity index (χ4n) is 5.22. The summed E-state index contributed by atoms with van der Waals surface area (Å²) in [6.07, 6.45) is -0.0517. The van der Waals surface area contributed by atoms with Crippen molar-refractivity contribution in [3.05, 3.63) is 113 Å². The van der Waals surface area contributed by atoms with Crippen LogP contribution in [0.5, 0.6) is 5.75 Å². The highest BCUT2D eigenvalue weighted by atomic mass is 16.7. The fourth-order valence-corrected chi connectivity index (χ4v) is 5.22. The van der Waals surface area contributed by atoms with Gasteiger partial charge in [0.1, 0.15) is 17.0 Å². The van der Waals surface area contributed by atoms with E-state index in [0.717, 1.165) is 27.4 Å². The van der Waals surface area contributed by atoms with E-state index in [0.29, 0.717) is 23.2 Å². The molecule has 0 amide bonds. The van der Waals surface area contributed by atoms with Gasteiger partial charge in [0.2, 0.25) is 5.78 Å². The molecule has 0 saturated heterocycles. The first-order valence-electron chi connectivity index (χ1n) is 14.1. The molecule has 0 radical (unpaired) electrons. The van der Waals surface area contributed by atoms with Gasteiger partial charge in [0, 0.05) is 58.4 Å². The van der Waals surface area contributed by atoms with Gasteiger partial charge in [0.15, 0.2) is 5.78 Å². The number of aromatic nitrogens is 1. The predicted octanol–water partition coefficient (Wildman–Crippen LogP) is 6.62. The Morgan fingerprint density at radius 1 is 0.818 bits per heavy atom. The molecule has 0 aliphatic carbocycles. The minimum absolute atomic E-state index is 0.0182. The Morgan fingerprint density at radius 3 is 2.07 bits per heavy atom. The molecule has 0 aliphatic heterocycles. The third-order valence-electron chi connectivity index (χ3n) is 7.36. The number of carbonyl (C=O) groups is 4. The lowest BCUT2D eigenvalue weighted by Crippen LogP contribution is -2.19. The zero-order chi connectivity index (χ0) is 31.4. The molecule has 222 valence electrons. The normalized spacial score (nSPS) is 11.5. The molecule has 5 rings (SSSR count). The number of benzene rings is 4. The SMILES string of the molecule is CCn1c2ccc(C(=O)/C(CCOc3ccccc3C(=O)O)=N/OC(C)=O)cc2c2cc(C(=O)c3ccccc3C)ccc21. The lowest BCUT2D eigenvalue weighted by atomic mass is 9.97. The van der Waals surface area contributed by atoms with Crippen LogP contribution >= 0.6 is 0 Å². The molecule has 44 heavy (non-hydrogen) atoms. The molecule has 5 aromatic rings. The summed E-state index contributed by atoms with van der Waals surface area (Å²) in [5, 5.41) is 14.8. The third kappa shape index (κ3) is 5.98. The van der Waals surface area contributed by atoms with Crippen molar-refractivity contribution in [2.24, 2.45) is 5.16 Å². The number of carboxylic acid groups (broad SMARTS) is 1. The van der Waals surface area contributed by atoms with Gasteiger partial charge in [0.05, 0.1) is 6.61 Å². The van der Waals surface area contributed by atoms with E-state index in [-0.39, 0.29) is 35.8 Å². The number of rotatable bonds is 11. The maximum atomic E-state index is 13.7. The van der Waals surface area contributed by atoms with Gasteiger partial charge in [-0.05, 0) is 67.9 Å². The number of Topliss-reactive ketones (excluding diaryl/α,β-unsaturated/α-hetero) is 1. The first kappa shape index (κ1) is 29.9. The van der Waals surface area contributed by atoms with Crippen LogP contribution in [0.4, 0.5) is 0 Å². The van der Waals surface area contributed by atoms with Crippen LogP contribution in [0.25, 0.3) is 21.8 Å². The Hall–Kier alpha value is -5.57. The molecule has 4 aromatic carbocycles. The van der Waals surface area contributed by atoms with Crippen LogP contribution in [0, 0.1) is 6.92 Å². The summed E-state index contributed by atoms with van der Waals surface area (Å²) in [7, 11) is 0. The van der Waals surface area contributed by atoms with E-state index < -0.39 is 17.7 Å². The number of nitrogens with zero attached hydrogens (tertiary/aromatic N) is 2. The lowest BCUT2D eigenvalue weighted by Gasteiger charge is -2.10. The number of aromatic carboxylic acids is 1. The summed E-state index contributed by atoms with van der Waals surface area (Å²) in [5.41, 5.74) is 4.09. The first-order valence-corrected chi connectivity index (χ1v) is 14.1. The third-order valence-corrected chi connectivity index (χ3v) is 7.36. The molecule has 0 spiro atoms. The second kappa shape index (κ2) is 12.7. The number of oxime groups is 1. The van der Waals surface area contributed by atoms with Crippen LogP contribution in [0.3, 0.4) is 0 Å². The first-order chi connectivity index (χ1) is 21.2. The summed E-state index contributed by atoms with van der Waals surface area (Å²) in [6.45, 7) is 5.69. The lowest BCUT2D eigenvalue weighted by molar-refractivity contribution is -0.140. The summed E-state index contributed by atoms with van der Waals surface area (Å²) in [5.74, 6) is -2.26. The molecule has 1 aromatic heterocycles. The number of ketones is 2. The van der Waals surface area contributed by atoms with Crippen molar-refractivity contribution >= 4 is 51.0 Å². The van der Waals surface area contributed by atoms with Crippen molar-refractivity contribution in [2.45, 2.75) is 33.7 Å². The van der Waals surface area contributed by atoms with Crippen LogP contribution in [0.1, 0.15) is 62.5 Å². The van der Waals surface area contributed by atoms with E-state index in [2.05, 4.69) is 9.72 Å². The van der Waals surface area contributed by atoms with E-state index in [4.69, 9.17) is 9.57 Å². The Kier molecular flexibility index (Phi) is 8.66. The number of carboxylic acids is 1. The molecule has 9 heteroatoms. The van der Waals surface area contributed by atoms with Crippen molar-refractivity contribution in [3.8, 4) is 5.75 Å². The van der Waals surface area contributed by atoms with Crippen LogP contribution in [-0.2, 0) is 16.2 Å². The van der Waals surface area contributed by atoms with Crippen molar-refractivity contribution in [1.29, 1.82) is 0 Å². The van der Waals surface area contributed by atoms with Crippen molar-refractivity contribution in [3.63, 3.8) is 0 Å². The van der Waals surface area contributed by atoms with Crippen molar-refractivity contribution < 1.29 is 33.9 Å². The zero-order valence-electron chi connectivity index (χ0n) is 24.5. The summed E-state index contributed by atoms with van der Waals surface area (Å²) in [4.78, 5) is 55.0. The number of carbonyl (C=O) groups excluding carboxylic acids is 3. The minimum Gasteiger partial charge on any atom is -0.492 e. The van der Waals surface area contributed by atoms with Gasteiger partial charge in [-0.15, -0.1) is 0 Å². The van der Waals surface area contributed by atoms with E-state index in [9.17, 15) is 24.3 Å². The predicted molar refractivity (Wildman–Crippen MR) is 167 cm³/mol. The monoisotopic (exact) mass is 590 g/mol. The van der Waals surface area contributed by atoms with Crippen LogP contribution in [0.15, 0.2) is 90.1 Å². The smallest absolute Gasteiger partial charge is 0.339 e. The molecule has 1 heterocycles. The highest BCUT2D eigenvalue weighted by Crippen LogP contribution is 2.32. The minimum atomic E-state index is -1.14. The van der Waals surface area contributed by atoms with Gasteiger partial charge in [-0.3, -0.25) is 9.59 Å². The highest BCUT2D eigenvalue weighted by Gasteiger charge is 2.21. The van der Waals surface area contributed by atoms with Crippen molar-refractivity contribution in [2.75, 3.05) is 6.61 Å². The topological polar surface area (TPSA) is 124 Å². The van der Waals surface area contributed by atoms with Crippen LogP contribution < -0.4 is 4.74 Å². The summed E-state index contributed by atoms with van der Waals surface area (Å²) >= 11 is 0. The molecular formula is C35H30N2O7. The standard InChI is InChI=1S/C35H30N2O7/c1-4-37-30-15-13-23(33(39)25-10-6-5-9-21(25)2)19-27(30)28-20-24(14-16-31(28)37)34(40)29(36-44-22(3)38)17-18-43-32-12-8-7-11-26(32)35(41)42/h5-16,19-20H,4,17-18H2,1-3H3,(H,41,42)/b36-29+. The second-order valence-corrected chi connectivity index (χ2v) is 10.2. The van der Waals surface area contributed by atoms with Gasteiger partial charge in [-0.2, -0.15) is 0 Å². The Morgan fingerprint density at radius 2 is 1.43 bits per heavy atom. The van der Waals surface area contributed by atoms with Gasteiger partial charge in [-0.25, -0.2) is 9.59 Å².